The summed E-state index contributed by atoms with van der Waals surface area (Å²) in [6, 6.07) is 5.45. The van der Waals surface area contributed by atoms with Crippen LogP contribution in [0.3, 0.4) is 0 Å². The van der Waals surface area contributed by atoms with E-state index in [1.165, 1.54) is 4.90 Å². The molecule has 0 saturated heterocycles. The van der Waals surface area contributed by atoms with Crippen molar-refractivity contribution in [1.82, 2.24) is 0 Å². The maximum absolute atomic E-state index is 12.2. The first kappa shape index (κ1) is 15.4. The van der Waals surface area contributed by atoms with Crippen LogP contribution in [0, 0.1) is 0 Å². The first-order valence-electron chi connectivity index (χ1n) is 7.46. The van der Waals surface area contributed by atoms with Gasteiger partial charge in [0.05, 0.1) is 6.61 Å². The molecular weight excluding hydrogens is 268 g/mol. The Morgan fingerprint density at radius 3 is 2.95 bits per heavy atom. The highest BCUT2D eigenvalue weighted by molar-refractivity contribution is 5.99. The second-order valence-corrected chi connectivity index (χ2v) is 5.30. The zero-order chi connectivity index (χ0) is 15.2. The van der Waals surface area contributed by atoms with Gasteiger partial charge >= 0.3 is 5.97 Å². The van der Waals surface area contributed by atoms with Gasteiger partial charge in [0.15, 0.2) is 0 Å². The summed E-state index contributed by atoms with van der Waals surface area (Å²) in [6.45, 7) is 2.41. The summed E-state index contributed by atoms with van der Waals surface area (Å²) >= 11 is 0. The van der Waals surface area contributed by atoms with Gasteiger partial charge in [0, 0.05) is 17.8 Å². The van der Waals surface area contributed by atoms with Crippen molar-refractivity contribution >= 4 is 23.3 Å². The molecule has 1 amide bonds. The Kier molecular flexibility index (Phi) is 5.20. The summed E-state index contributed by atoms with van der Waals surface area (Å²) in [6.07, 6.45) is 3.83. The standard InChI is InChI=1S/C16H22N2O3/c1-2-3-9-21-16(20)11-18-14-8-7-13(17)10-12(14)5-4-6-15(18)19/h7-8,10H,2-6,9,11,17H2,1H3. The smallest absolute Gasteiger partial charge is 0.326 e. The van der Waals surface area contributed by atoms with Gasteiger partial charge in [0.2, 0.25) is 5.91 Å². The number of ether oxygens (including phenoxy) is 1. The number of hydrogen-bond donors (Lipinski definition) is 1. The Morgan fingerprint density at radius 1 is 1.38 bits per heavy atom. The number of aryl methyl sites for hydroxylation is 1. The lowest BCUT2D eigenvalue weighted by Crippen LogP contribution is -2.36. The van der Waals surface area contributed by atoms with E-state index in [0.29, 0.717) is 18.7 Å². The molecule has 0 unspecified atom stereocenters. The number of nitrogen functional groups attached to an aromatic ring is 1. The number of carbonyl (C=O) groups excluding carboxylic acids is 2. The average Bonchev–Trinajstić information content (AvgIpc) is 2.59. The molecule has 1 aliphatic rings. The van der Waals surface area contributed by atoms with Crippen LogP contribution in [0.15, 0.2) is 18.2 Å². The minimum Gasteiger partial charge on any atom is -0.464 e. The van der Waals surface area contributed by atoms with Crippen molar-refractivity contribution < 1.29 is 14.3 Å². The molecule has 1 aromatic rings. The molecule has 0 aliphatic carbocycles. The molecule has 0 bridgehead atoms. The third-order valence-corrected chi connectivity index (χ3v) is 3.58. The molecule has 0 fully saturated rings. The van der Waals surface area contributed by atoms with E-state index in [1.807, 2.05) is 19.1 Å². The van der Waals surface area contributed by atoms with Gasteiger partial charge < -0.3 is 15.4 Å². The number of esters is 1. The second-order valence-electron chi connectivity index (χ2n) is 5.30. The molecule has 0 radical (unpaired) electrons. The van der Waals surface area contributed by atoms with E-state index in [-0.39, 0.29) is 18.4 Å². The summed E-state index contributed by atoms with van der Waals surface area (Å²) in [5, 5.41) is 0. The molecular formula is C16H22N2O3. The molecule has 1 aromatic carbocycles. The first-order valence-corrected chi connectivity index (χ1v) is 7.46. The van der Waals surface area contributed by atoms with E-state index in [4.69, 9.17) is 10.5 Å². The molecule has 1 heterocycles. The monoisotopic (exact) mass is 290 g/mol. The fraction of sp³-hybridized carbons (Fsp3) is 0.500. The lowest BCUT2D eigenvalue weighted by Gasteiger charge is -2.22. The van der Waals surface area contributed by atoms with Gasteiger partial charge in [0.25, 0.3) is 0 Å². The van der Waals surface area contributed by atoms with Crippen LogP contribution in [-0.4, -0.2) is 25.0 Å². The topological polar surface area (TPSA) is 72.6 Å². The number of benzene rings is 1. The molecule has 1 aliphatic heterocycles. The van der Waals surface area contributed by atoms with Crippen molar-refractivity contribution in [2.75, 3.05) is 23.8 Å². The Hall–Kier alpha value is -2.04. The highest BCUT2D eigenvalue weighted by atomic mass is 16.5. The van der Waals surface area contributed by atoms with Gasteiger partial charge in [-0.1, -0.05) is 13.3 Å². The number of nitrogens with two attached hydrogens (primary N) is 1. The molecule has 0 saturated carbocycles. The van der Waals surface area contributed by atoms with E-state index < -0.39 is 0 Å². The van der Waals surface area contributed by atoms with E-state index >= 15 is 0 Å². The normalized spacial score (nSPS) is 14.5. The fourth-order valence-corrected chi connectivity index (χ4v) is 2.45. The van der Waals surface area contributed by atoms with Crippen molar-refractivity contribution in [2.24, 2.45) is 0 Å². The minimum atomic E-state index is -0.360. The van der Waals surface area contributed by atoms with Crippen molar-refractivity contribution in [1.29, 1.82) is 0 Å². The summed E-state index contributed by atoms with van der Waals surface area (Å²) in [5.41, 5.74) is 8.27. The Bertz CT molecular complexity index is 528. The number of hydrogen-bond acceptors (Lipinski definition) is 4. The van der Waals surface area contributed by atoms with E-state index in [2.05, 4.69) is 0 Å². The maximum Gasteiger partial charge on any atom is 0.326 e. The summed E-state index contributed by atoms with van der Waals surface area (Å²) in [7, 11) is 0. The number of unbranched alkanes of at least 4 members (excludes halogenated alkanes) is 1. The van der Waals surface area contributed by atoms with Gasteiger partial charge in [-0.3, -0.25) is 9.59 Å². The molecule has 5 heteroatoms. The van der Waals surface area contributed by atoms with Gasteiger partial charge in [-0.15, -0.1) is 0 Å². The van der Waals surface area contributed by atoms with Gasteiger partial charge in [-0.25, -0.2) is 0 Å². The van der Waals surface area contributed by atoms with Crippen LogP contribution in [0.2, 0.25) is 0 Å². The van der Waals surface area contributed by atoms with Gasteiger partial charge in [0.1, 0.15) is 6.54 Å². The zero-order valence-corrected chi connectivity index (χ0v) is 12.4. The predicted molar refractivity (Wildman–Crippen MR) is 82.0 cm³/mol. The van der Waals surface area contributed by atoms with Crippen LogP contribution in [0.5, 0.6) is 0 Å². The third kappa shape index (κ3) is 3.97. The van der Waals surface area contributed by atoms with Crippen molar-refractivity contribution in [3.05, 3.63) is 23.8 Å². The highest BCUT2D eigenvalue weighted by Gasteiger charge is 2.24. The Balaban J connectivity index is 2.13. The van der Waals surface area contributed by atoms with E-state index in [0.717, 1.165) is 36.9 Å². The van der Waals surface area contributed by atoms with Crippen LogP contribution in [0.4, 0.5) is 11.4 Å². The first-order chi connectivity index (χ1) is 10.1. The summed E-state index contributed by atoms with van der Waals surface area (Å²) in [4.78, 5) is 25.6. The third-order valence-electron chi connectivity index (χ3n) is 3.58. The molecule has 2 rings (SSSR count). The quantitative estimate of drug-likeness (QED) is 0.513. The van der Waals surface area contributed by atoms with Crippen LogP contribution < -0.4 is 10.6 Å². The van der Waals surface area contributed by atoms with Gasteiger partial charge in [-0.2, -0.15) is 0 Å². The van der Waals surface area contributed by atoms with E-state index in [9.17, 15) is 9.59 Å². The maximum atomic E-state index is 12.2. The molecule has 0 spiro atoms. The largest absolute Gasteiger partial charge is 0.464 e. The summed E-state index contributed by atoms with van der Waals surface area (Å²) in [5.74, 6) is -0.396. The highest BCUT2D eigenvalue weighted by Crippen LogP contribution is 2.28. The number of nitrogens with zero attached hydrogens (tertiary/aromatic N) is 1. The van der Waals surface area contributed by atoms with Crippen molar-refractivity contribution in [3.8, 4) is 0 Å². The Morgan fingerprint density at radius 2 is 2.19 bits per heavy atom. The van der Waals surface area contributed by atoms with E-state index in [1.54, 1.807) is 6.07 Å². The van der Waals surface area contributed by atoms with Crippen molar-refractivity contribution in [2.45, 2.75) is 39.0 Å². The number of amides is 1. The number of carbonyl (C=O) groups is 2. The van der Waals surface area contributed by atoms with Crippen LogP contribution in [0.1, 0.15) is 38.2 Å². The molecule has 5 nitrogen and oxygen atoms in total. The lowest BCUT2D eigenvalue weighted by atomic mass is 10.1. The number of anilines is 2. The molecule has 2 N–H and O–H groups in total. The molecule has 0 atom stereocenters. The zero-order valence-electron chi connectivity index (χ0n) is 12.4. The minimum absolute atomic E-state index is 0.0283. The van der Waals surface area contributed by atoms with Crippen LogP contribution in [-0.2, 0) is 20.7 Å². The number of rotatable bonds is 5. The molecule has 0 aromatic heterocycles. The SMILES string of the molecule is CCCCOC(=O)CN1C(=O)CCCc2cc(N)ccc21. The average molecular weight is 290 g/mol. The Labute approximate surface area is 125 Å². The lowest BCUT2D eigenvalue weighted by molar-refractivity contribution is -0.143. The summed E-state index contributed by atoms with van der Waals surface area (Å²) < 4.78 is 5.16. The molecule has 21 heavy (non-hydrogen) atoms. The fourth-order valence-electron chi connectivity index (χ4n) is 2.45. The van der Waals surface area contributed by atoms with Crippen LogP contribution >= 0.6 is 0 Å². The van der Waals surface area contributed by atoms with Crippen molar-refractivity contribution in [3.63, 3.8) is 0 Å². The van der Waals surface area contributed by atoms with Crippen LogP contribution in [0.25, 0.3) is 0 Å². The molecule has 114 valence electrons. The predicted octanol–water partition coefficient (Wildman–Crippen LogP) is 2.28. The second kappa shape index (κ2) is 7.11. The number of fused-ring (bicyclic) bond motifs is 1. The van der Waals surface area contributed by atoms with Gasteiger partial charge in [-0.05, 0) is 43.0 Å².